The Bertz CT molecular complexity index is 614. The minimum absolute atomic E-state index is 0. The van der Waals surface area contributed by atoms with Crippen molar-refractivity contribution in [2.75, 3.05) is 26.7 Å². The van der Waals surface area contributed by atoms with Gasteiger partial charge in [-0.3, -0.25) is 9.67 Å². The number of aliphatic imine (C=N–C) groups is 1. The minimum atomic E-state index is -0.497. The second-order valence-corrected chi connectivity index (χ2v) is 8.57. The molecule has 0 aliphatic heterocycles. The first-order chi connectivity index (χ1) is 13.6. The van der Waals surface area contributed by atoms with Crippen molar-refractivity contribution in [1.29, 1.82) is 0 Å². The lowest BCUT2D eigenvalue weighted by Crippen LogP contribution is -2.45. The number of rotatable bonds is 10. The van der Waals surface area contributed by atoms with Gasteiger partial charge in [0.25, 0.3) is 0 Å². The zero-order valence-electron chi connectivity index (χ0n) is 19.6. The summed E-state index contributed by atoms with van der Waals surface area (Å²) in [6.07, 6.45) is 5.13. The lowest BCUT2D eigenvalue weighted by atomic mass is 10.0. The highest BCUT2D eigenvalue weighted by atomic mass is 127. The molecule has 174 valence electrons. The molecule has 0 radical (unpaired) electrons. The molecule has 0 fully saturated rings. The molecule has 2 N–H and O–H groups in total. The highest BCUT2D eigenvalue weighted by molar-refractivity contribution is 14.0. The summed E-state index contributed by atoms with van der Waals surface area (Å²) in [4.78, 5) is 19.0. The molecule has 0 aliphatic rings. The molecule has 0 spiro atoms. The van der Waals surface area contributed by atoms with E-state index in [0.29, 0.717) is 5.92 Å². The Kier molecular flexibility index (Phi) is 13.7. The molecule has 0 saturated heterocycles. The van der Waals surface area contributed by atoms with E-state index in [1.54, 1.807) is 6.20 Å². The van der Waals surface area contributed by atoms with Crippen LogP contribution in [0.5, 0.6) is 0 Å². The molecule has 1 rings (SSSR count). The van der Waals surface area contributed by atoms with Crippen molar-refractivity contribution in [2.45, 2.75) is 72.6 Å². The van der Waals surface area contributed by atoms with Gasteiger partial charge in [0.15, 0.2) is 5.96 Å². The number of guanidine groups is 1. The van der Waals surface area contributed by atoms with Gasteiger partial charge in [-0.25, -0.2) is 4.79 Å². The number of nitrogens with zero attached hydrogens (tertiary/aromatic N) is 4. The van der Waals surface area contributed by atoms with E-state index in [-0.39, 0.29) is 36.1 Å². The fourth-order valence-corrected chi connectivity index (χ4v) is 2.79. The van der Waals surface area contributed by atoms with Crippen LogP contribution in [0.3, 0.4) is 0 Å². The Morgan fingerprint density at radius 3 is 2.57 bits per heavy atom. The average Bonchev–Trinajstić information content (AvgIpc) is 3.12. The molecule has 9 heteroatoms. The molecule has 1 atom stereocenters. The van der Waals surface area contributed by atoms with Crippen molar-refractivity contribution in [3.63, 3.8) is 0 Å². The summed E-state index contributed by atoms with van der Waals surface area (Å²) >= 11 is 0. The zero-order valence-corrected chi connectivity index (χ0v) is 22.0. The highest BCUT2D eigenvalue weighted by Crippen LogP contribution is 2.11. The molecule has 1 aromatic heterocycles. The van der Waals surface area contributed by atoms with Gasteiger partial charge < -0.3 is 20.3 Å². The summed E-state index contributed by atoms with van der Waals surface area (Å²) < 4.78 is 7.32. The number of carbonyl (C=O) groups is 1. The monoisotopic (exact) mass is 536 g/mol. The molecular weight excluding hydrogens is 495 g/mol. The Hall–Kier alpha value is -1.52. The number of aromatic nitrogens is 2. The Balaban J connectivity index is 0.00000841. The second-order valence-electron chi connectivity index (χ2n) is 8.57. The summed E-state index contributed by atoms with van der Waals surface area (Å²) in [6.45, 7) is 15.1. The summed E-state index contributed by atoms with van der Waals surface area (Å²) in [5, 5.41) is 10.6. The van der Waals surface area contributed by atoms with E-state index < -0.39 is 5.60 Å². The number of ether oxygens (including phenoxy) is 1. The smallest absolute Gasteiger partial charge is 0.407 e. The summed E-state index contributed by atoms with van der Waals surface area (Å²) in [7, 11) is 2.03. The Morgan fingerprint density at radius 1 is 1.33 bits per heavy atom. The molecule has 0 aliphatic carbocycles. The van der Waals surface area contributed by atoms with Crippen LogP contribution < -0.4 is 10.6 Å². The van der Waals surface area contributed by atoms with Crippen LogP contribution in [0.4, 0.5) is 4.79 Å². The normalized spacial score (nSPS) is 12.9. The Labute approximate surface area is 199 Å². The van der Waals surface area contributed by atoms with Crippen molar-refractivity contribution in [3.8, 4) is 0 Å². The fraction of sp³-hybridized carbons (Fsp3) is 0.762. The predicted molar refractivity (Wildman–Crippen MR) is 133 cm³/mol. The van der Waals surface area contributed by atoms with E-state index in [0.717, 1.165) is 45.0 Å². The number of amides is 1. The fourth-order valence-electron chi connectivity index (χ4n) is 2.79. The molecule has 1 heterocycles. The third kappa shape index (κ3) is 12.2. The van der Waals surface area contributed by atoms with Crippen LogP contribution in [0, 0.1) is 5.92 Å². The molecular formula is C21H41IN6O2. The number of nitrogens with one attached hydrogen (secondary N) is 2. The molecule has 8 nitrogen and oxygen atoms in total. The van der Waals surface area contributed by atoms with Crippen LogP contribution in [0.1, 0.15) is 54.4 Å². The van der Waals surface area contributed by atoms with Gasteiger partial charge in [-0.2, -0.15) is 5.10 Å². The van der Waals surface area contributed by atoms with Gasteiger partial charge in [-0.05, 0) is 52.5 Å². The van der Waals surface area contributed by atoms with Gasteiger partial charge in [0.05, 0.1) is 0 Å². The maximum atomic E-state index is 12.1. The van der Waals surface area contributed by atoms with Gasteiger partial charge in [0, 0.05) is 51.7 Å². The van der Waals surface area contributed by atoms with Gasteiger partial charge in [-0.1, -0.05) is 13.8 Å². The number of hydrogen-bond acceptors (Lipinski definition) is 4. The van der Waals surface area contributed by atoms with E-state index in [2.05, 4.69) is 41.4 Å². The lowest BCUT2D eigenvalue weighted by molar-refractivity contribution is 0.0486. The first-order valence-electron chi connectivity index (χ1n) is 10.6. The molecule has 0 saturated carbocycles. The number of alkyl carbamates (subject to hydrolysis) is 1. The van der Waals surface area contributed by atoms with Crippen molar-refractivity contribution < 1.29 is 9.53 Å². The third-order valence-electron chi connectivity index (χ3n) is 4.34. The maximum absolute atomic E-state index is 12.1. The van der Waals surface area contributed by atoms with Crippen molar-refractivity contribution >= 4 is 36.0 Å². The van der Waals surface area contributed by atoms with Crippen LogP contribution in [0.15, 0.2) is 23.5 Å². The van der Waals surface area contributed by atoms with E-state index in [1.165, 1.54) is 0 Å². The topological polar surface area (TPSA) is 83.8 Å². The van der Waals surface area contributed by atoms with Crippen LogP contribution >= 0.6 is 24.0 Å². The van der Waals surface area contributed by atoms with Crippen LogP contribution in [-0.4, -0.2) is 65.1 Å². The van der Waals surface area contributed by atoms with Crippen molar-refractivity contribution in [3.05, 3.63) is 18.5 Å². The number of aryl methyl sites for hydroxylation is 1. The Morgan fingerprint density at radius 2 is 2.03 bits per heavy atom. The van der Waals surface area contributed by atoms with Gasteiger partial charge in [-0.15, -0.1) is 24.0 Å². The van der Waals surface area contributed by atoms with Crippen LogP contribution in [0.2, 0.25) is 0 Å². The van der Waals surface area contributed by atoms with Gasteiger partial charge in [0.2, 0.25) is 0 Å². The lowest BCUT2D eigenvalue weighted by Gasteiger charge is -2.28. The predicted octanol–water partition coefficient (Wildman–Crippen LogP) is 3.73. The van der Waals surface area contributed by atoms with Crippen LogP contribution in [0.25, 0.3) is 0 Å². The van der Waals surface area contributed by atoms with Crippen molar-refractivity contribution in [1.82, 2.24) is 25.3 Å². The quantitative estimate of drug-likeness (QED) is 0.206. The van der Waals surface area contributed by atoms with Gasteiger partial charge in [0.1, 0.15) is 5.60 Å². The molecule has 0 aromatic carbocycles. The highest BCUT2D eigenvalue weighted by Gasteiger charge is 2.22. The number of carbonyl (C=O) groups excluding carboxylic acids is 1. The number of halogens is 1. The summed E-state index contributed by atoms with van der Waals surface area (Å²) in [5.41, 5.74) is -0.497. The average molecular weight is 537 g/mol. The SMILES string of the molecule is CCNC(=NCCCn1cccn1)N(C)CCC(NC(=O)OC(C)(C)C)C(C)C.I. The zero-order chi connectivity index (χ0) is 21.9. The first-order valence-corrected chi connectivity index (χ1v) is 10.6. The van der Waals surface area contributed by atoms with Crippen LogP contribution in [-0.2, 0) is 11.3 Å². The van der Waals surface area contributed by atoms with E-state index >= 15 is 0 Å². The standard InChI is InChI=1S/C21H40N6O2.HI/c1-8-22-19(23-12-9-14-27-15-10-13-24-27)26(7)16-11-18(17(2)3)25-20(28)29-21(4,5)6;/h10,13,15,17-18H,8-9,11-12,14,16H2,1-7H3,(H,22,23)(H,25,28);1H. The molecule has 0 bridgehead atoms. The molecule has 1 amide bonds. The largest absolute Gasteiger partial charge is 0.444 e. The molecule has 1 aromatic rings. The van der Waals surface area contributed by atoms with E-state index in [4.69, 9.17) is 9.73 Å². The molecule has 1 unspecified atom stereocenters. The maximum Gasteiger partial charge on any atom is 0.407 e. The van der Waals surface area contributed by atoms with Crippen molar-refractivity contribution in [2.24, 2.45) is 10.9 Å². The first kappa shape index (κ1) is 28.5. The van der Waals surface area contributed by atoms with E-state index in [1.807, 2.05) is 44.8 Å². The molecule has 30 heavy (non-hydrogen) atoms. The summed E-state index contributed by atoms with van der Waals surface area (Å²) in [5.74, 6) is 1.19. The third-order valence-corrected chi connectivity index (χ3v) is 4.34. The van der Waals surface area contributed by atoms with E-state index in [9.17, 15) is 4.79 Å². The summed E-state index contributed by atoms with van der Waals surface area (Å²) in [6, 6.07) is 1.97. The second kappa shape index (κ2) is 14.5. The minimum Gasteiger partial charge on any atom is -0.444 e. The number of hydrogen-bond donors (Lipinski definition) is 2. The van der Waals surface area contributed by atoms with Gasteiger partial charge >= 0.3 is 6.09 Å².